The van der Waals surface area contributed by atoms with E-state index < -0.39 is 10.8 Å². The van der Waals surface area contributed by atoms with Gasteiger partial charge in [0, 0.05) is 17.8 Å². The number of anilines is 1. The molecule has 0 aliphatic rings. The molecule has 0 aromatic heterocycles. The lowest BCUT2D eigenvalue weighted by Gasteiger charge is -2.09. The summed E-state index contributed by atoms with van der Waals surface area (Å²) < 4.78 is 0. The molecule has 0 spiro atoms. The molecule has 0 fully saturated rings. The van der Waals surface area contributed by atoms with E-state index in [1.165, 1.54) is 12.1 Å². The number of para-hydroxylation sites is 1. The van der Waals surface area contributed by atoms with Crippen molar-refractivity contribution in [2.24, 2.45) is 0 Å². The average Bonchev–Trinajstić information content (AvgIpc) is 2.41. The molecule has 5 nitrogen and oxygen atoms in total. The van der Waals surface area contributed by atoms with Crippen LogP contribution in [0.25, 0.3) is 0 Å². The van der Waals surface area contributed by atoms with Gasteiger partial charge in [0.25, 0.3) is 11.6 Å². The highest BCUT2D eigenvalue weighted by atomic mass is 35.5. The molecule has 2 rings (SSSR count). The van der Waals surface area contributed by atoms with Gasteiger partial charge in [-0.1, -0.05) is 29.8 Å². The molecule has 0 saturated carbocycles. The first kappa shape index (κ1) is 14.0. The summed E-state index contributed by atoms with van der Waals surface area (Å²) in [6, 6.07) is 11.1. The molecular weight excluding hydrogens is 280 g/mol. The minimum absolute atomic E-state index is 0.0466. The van der Waals surface area contributed by atoms with Gasteiger partial charge >= 0.3 is 0 Å². The number of nitro groups is 1. The highest BCUT2D eigenvalue weighted by Crippen LogP contribution is 2.24. The van der Waals surface area contributed by atoms with Crippen LogP contribution >= 0.6 is 11.6 Å². The van der Waals surface area contributed by atoms with Gasteiger partial charge in [-0.05, 0) is 24.6 Å². The van der Waals surface area contributed by atoms with E-state index in [1.54, 1.807) is 12.1 Å². The van der Waals surface area contributed by atoms with Crippen LogP contribution < -0.4 is 5.32 Å². The summed E-state index contributed by atoms with van der Waals surface area (Å²) in [5.74, 6) is -0.404. The summed E-state index contributed by atoms with van der Waals surface area (Å²) in [6.45, 7) is 1.87. The van der Waals surface area contributed by atoms with E-state index in [-0.39, 0.29) is 16.3 Å². The summed E-state index contributed by atoms with van der Waals surface area (Å²) in [5, 5.41) is 13.4. The Bertz CT molecular complexity index is 686. The van der Waals surface area contributed by atoms with E-state index in [9.17, 15) is 14.9 Å². The van der Waals surface area contributed by atoms with E-state index in [2.05, 4.69) is 5.32 Å². The monoisotopic (exact) mass is 290 g/mol. The van der Waals surface area contributed by atoms with Crippen molar-refractivity contribution in [1.29, 1.82) is 0 Å². The highest BCUT2D eigenvalue weighted by Gasteiger charge is 2.15. The minimum Gasteiger partial charge on any atom is -0.322 e. The number of aryl methyl sites for hydroxylation is 1. The number of carbonyl (C=O) groups excluding carboxylic acids is 1. The minimum atomic E-state index is -0.561. The topological polar surface area (TPSA) is 72.2 Å². The van der Waals surface area contributed by atoms with Crippen molar-refractivity contribution < 1.29 is 9.72 Å². The van der Waals surface area contributed by atoms with Gasteiger partial charge in [0.1, 0.15) is 0 Å². The van der Waals surface area contributed by atoms with Crippen LogP contribution in [0, 0.1) is 17.0 Å². The zero-order chi connectivity index (χ0) is 14.7. The Kier molecular flexibility index (Phi) is 4.00. The number of benzene rings is 2. The lowest BCUT2D eigenvalue weighted by Crippen LogP contribution is -2.13. The quantitative estimate of drug-likeness (QED) is 0.690. The van der Waals surface area contributed by atoms with Crippen molar-refractivity contribution >= 4 is 28.9 Å². The van der Waals surface area contributed by atoms with E-state index in [1.807, 2.05) is 19.1 Å². The van der Waals surface area contributed by atoms with Crippen LogP contribution in [-0.2, 0) is 0 Å². The predicted octanol–water partition coefficient (Wildman–Crippen LogP) is 3.81. The number of amides is 1. The van der Waals surface area contributed by atoms with Gasteiger partial charge in [0.2, 0.25) is 0 Å². The van der Waals surface area contributed by atoms with Crippen LogP contribution in [0.15, 0.2) is 42.5 Å². The first-order chi connectivity index (χ1) is 9.49. The number of nitrogens with one attached hydrogen (secondary N) is 1. The van der Waals surface area contributed by atoms with Gasteiger partial charge < -0.3 is 5.32 Å². The number of rotatable bonds is 3. The van der Waals surface area contributed by atoms with Crippen LogP contribution in [0.3, 0.4) is 0 Å². The molecule has 20 heavy (non-hydrogen) atoms. The van der Waals surface area contributed by atoms with Crippen LogP contribution in [0.1, 0.15) is 15.9 Å². The average molecular weight is 291 g/mol. The smallest absolute Gasteiger partial charge is 0.270 e. The fourth-order valence-electron chi connectivity index (χ4n) is 1.70. The van der Waals surface area contributed by atoms with Gasteiger partial charge in [-0.3, -0.25) is 14.9 Å². The summed E-state index contributed by atoms with van der Waals surface area (Å²) >= 11 is 5.91. The maximum Gasteiger partial charge on any atom is 0.270 e. The van der Waals surface area contributed by atoms with Crippen molar-refractivity contribution in [3.63, 3.8) is 0 Å². The number of non-ortho nitro benzene ring substituents is 1. The van der Waals surface area contributed by atoms with Crippen LogP contribution in [0.4, 0.5) is 11.4 Å². The van der Waals surface area contributed by atoms with Gasteiger partial charge in [-0.2, -0.15) is 0 Å². The molecule has 0 aliphatic heterocycles. The van der Waals surface area contributed by atoms with Crippen LogP contribution in [0.2, 0.25) is 5.02 Å². The molecule has 2 aromatic carbocycles. The van der Waals surface area contributed by atoms with Gasteiger partial charge in [0.05, 0.1) is 15.5 Å². The number of hydrogen-bond acceptors (Lipinski definition) is 3. The summed E-state index contributed by atoms with van der Waals surface area (Å²) in [6.07, 6.45) is 0. The Morgan fingerprint density at radius 2 is 1.95 bits per heavy atom. The van der Waals surface area contributed by atoms with Crippen molar-refractivity contribution in [3.05, 3.63) is 68.7 Å². The zero-order valence-corrected chi connectivity index (χ0v) is 11.3. The van der Waals surface area contributed by atoms with Gasteiger partial charge in [-0.25, -0.2) is 0 Å². The first-order valence-electron chi connectivity index (χ1n) is 5.80. The summed E-state index contributed by atoms with van der Waals surface area (Å²) in [7, 11) is 0. The lowest BCUT2D eigenvalue weighted by atomic mass is 10.1. The number of nitro benzene ring substituents is 1. The van der Waals surface area contributed by atoms with E-state index in [4.69, 9.17) is 11.6 Å². The molecule has 0 radical (unpaired) electrons. The van der Waals surface area contributed by atoms with E-state index >= 15 is 0 Å². The Balaban J connectivity index is 2.26. The number of hydrogen-bond donors (Lipinski definition) is 1. The van der Waals surface area contributed by atoms with Crippen molar-refractivity contribution in [2.45, 2.75) is 6.92 Å². The third kappa shape index (κ3) is 2.95. The Morgan fingerprint density at radius 3 is 2.55 bits per heavy atom. The fraction of sp³-hybridized carbons (Fsp3) is 0.0714. The molecule has 0 bridgehead atoms. The molecule has 0 heterocycles. The normalized spacial score (nSPS) is 10.1. The first-order valence-corrected chi connectivity index (χ1v) is 6.18. The molecule has 2 aromatic rings. The molecule has 102 valence electrons. The van der Waals surface area contributed by atoms with Crippen LogP contribution in [0.5, 0.6) is 0 Å². The van der Waals surface area contributed by atoms with Gasteiger partial charge in [0.15, 0.2) is 0 Å². The molecule has 0 saturated heterocycles. The Morgan fingerprint density at radius 1 is 1.25 bits per heavy atom. The third-order valence-corrected chi connectivity index (χ3v) is 3.11. The molecular formula is C14H11ClN2O3. The molecule has 0 unspecified atom stereocenters. The Labute approximate surface area is 120 Å². The second kappa shape index (κ2) is 5.71. The summed E-state index contributed by atoms with van der Waals surface area (Å²) in [4.78, 5) is 22.2. The van der Waals surface area contributed by atoms with E-state index in [0.717, 1.165) is 11.6 Å². The number of carbonyl (C=O) groups is 1. The highest BCUT2D eigenvalue weighted by molar-refractivity contribution is 6.34. The maximum atomic E-state index is 12.1. The number of halogens is 1. The lowest BCUT2D eigenvalue weighted by molar-refractivity contribution is -0.384. The molecule has 1 amide bonds. The third-order valence-electron chi connectivity index (χ3n) is 2.80. The molecule has 0 atom stereocenters. The summed E-state index contributed by atoms with van der Waals surface area (Å²) in [5.41, 5.74) is 1.63. The van der Waals surface area contributed by atoms with Crippen molar-refractivity contribution in [3.8, 4) is 0 Å². The SMILES string of the molecule is Cc1ccccc1NC(=O)c1ccc([N+](=O)[O-])cc1Cl. The number of nitrogens with zero attached hydrogens (tertiary/aromatic N) is 1. The fourth-order valence-corrected chi connectivity index (χ4v) is 1.97. The molecule has 1 N–H and O–H groups in total. The standard InChI is InChI=1S/C14H11ClN2O3/c1-9-4-2-3-5-13(9)16-14(18)11-7-6-10(17(19)20)8-12(11)15/h2-8H,1H3,(H,16,18). The maximum absolute atomic E-state index is 12.1. The largest absolute Gasteiger partial charge is 0.322 e. The Hall–Kier alpha value is -2.40. The van der Waals surface area contributed by atoms with Gasteiger partial charge in [-0.15, -0.1) is 0 Å². The van der Waals surface area contributed by atoms with E-state index in [0.29, 0.717) is 5.69 Å². The molecule has 6 heteroatoms. The predicted molar refractivity (Wildman–Crippen MR) is 77.2 cm³/mol. The van der Waals surface area contributed by atoms with Crippen molar-refractivity contribution in [1.82, 2.24) is 0 Å². The van der Waals surface area contributed by atoms with Crippen molar-refractivity contribution in [2.75, 3.05) is 5.32 Å². The van der Waals surface area contributed by atoms with Crippen LogP contribution in [-0.4, -0.2) is 10.8 Å². The molecule has 0 aliphatic carbocycles. The second-order valence-electron chi connectivity index (χ2n) is 4.19. The second-order valence-corrected chi connectivity index (χ2v) is 4.60. The zero-order valence-electron chi connectivity index (χ0n) is 10.6.